The summed E-state index contributed by atoms with van der Waals surface area (Å²) < 4.78 is 11.8. The van der Waals surface area contributed by atoms with E-state index in [1.807, 2.05) is 77.1 Å². The third kappa shape index (κ3) is 5.57. The highest BCUT2D eigenvalue weighted by Gasteiger charge is 2.32. The topological polar surface area (TPSA) is 47.6 Å². The molecular weight excluding hydrogens is 338 g/mol. The lowest BCUT2D eigenvalue weighted by molar-refractivity contribution is -0.139. The summed E-state index contributed by atoms with van der Waals surface area (Å²) in [6.45, 7) is 10.9. The van der Waals surface area contributed by atoms with Gasteiger partial charge in [-0.05, 0) is 62.4 Å². The van der Waals surface area contributed by atoms with E-state index in [1.54, 1.807) is 0 Å². The zero-order valence-corrected chi connectivity index (χ0v) is 17.1. The Balaban J connectivity index is 2.10. The highest BCUT2D eigenvalue weighted by atomic mass is 16.5. The summed E-state index contributed by atoms with van der Waals surface area (Å²) in [4.78, 5) is 12.7. The van der Waals surface area contributed by atoms with Gasteiger partial charge in [-0.15, -0.1) is 0 Å². The predicted octanol–water partition coefficient (Wildman–Crippen LogP) is 5.42. The van der Waals surface area contributed by atoms with Gasteiger partial charge in [-0.25, -0.2) is 0 Å². The summed E-state index contributed by atoms with van der Waals surface area (Å²) >= 11 is 0. The van der Waals surface area contributed by atoms with Gasteiger partial charge in [-0.1, -0.05) is 44.2 Å². The summed E-state index contributed by atoms with van der Waals surface area (Å²) in [7, 11) is 0. The van der Waals surface area contributed by atoms with Gasteiger partial charge in [-0.3, -0.25) is 4.79 Å². The number of hydrogen-bond donors (Lipinski definition) is 1. The van der Waals surface area contributed by atoms with Crippen LogP contribution in [0.1, 0.15) is 50.3 Å². The molecule has 0 aromatic heterocycles. The van der Waals surface area contributed by atoms with E-state index in [-0.39, 0.29) is 5.91 Å². The maximum Gasteiger partial charge on any atom is 0.256 e. The van der Waals surface area contributed by atoms with Crippen LogP contribution in [-0.2, 0) is 16.1 Å². The lowest BCUT2D eigenvalue weighted by Gasteiger charge is -2.27. The molecule has 2 rings (SSSR count). The number of rotatable bonds is 9. The van der Waals surface area contributed by atoms with Gasteiger partial charge in [0.15, 0.2) is 0 Å². The third-order valence-corrected chi connectivity index (χ3v) is 4.72. The van der Waals surface area contributed by atoms with Crippen molar-refractivity contribution >= 4 is 11.6 Å². The molecular formula is C23H31NO3. The van der Waals surface area contributed by atoms with E-state index in [9.17, 15) is 4.79 Å². The fourth-order valence-electron chi connectivity index (χ4n) is 2.90. The van der Waals surface area contributed by atoms with Gasteiger partial charge in [0.2, 0.25) is 0 Å². The van der Waals surface area contributed by atoms with Crippen molar-refractivity contribution in [3.8, 4) is 5.75 Å². The molecule has 2 aromatic rings. The number of hydrogen-bond acceptors (Lipinski definition) is 3. The molecule has 0 bridgehead atoms. The number of benzene rings is 2. The van der Waals surface area contributed by atoms with Gasteiger partial charge < -0.3 is 14.8 Å². The number of anilines is 1. The summed E-state index contributed by atoms with van der Waals surface area (Å²) in [5, 5.41) is 3.01. The fourth-order valence-corrected chi connectivity index (χ4v) is 2.90. The van der Waals surface area contributed by atoms with Gasteiger partial charge in [0.1, 0.15) is 18.0 Å². The van der Waals surface area contributed by atoms with Crippen LogP contribution in [0.5, 0.6) is 5.75 Å². The minimum Gasteiger partial charge on any atom is -0.488 e. The number of carbonyl (C=O) groups is 1. The summed E-state index contributed by atoms with van der Waals surface area (Å²) in [6.07, 6.45) is 1.50. The number of carbonyl (C=O) groups excluding carboxylic acids is 1. The Morgan fingerprint density at radius 2 is 1.70 bits per heavy atom. The molecule has 0 saturated heterocycles. The van der Waals surface area contributed by atoms with Crippen molar-refractivity contribution in [2.24, 2.45) is 0 Å². The quantitative estimate of drug-likeness (QED) is 0.642. The lowest BCUT2D eigenvalue weighted by Crippen LogP contribution is -2.42. The summed E-state index contributed by atoms with van der Waals surface area (Å²) in [5.74, 6) is 0.743. The standard InChI is InChI=1S/C23H31NO3/c1-6-13-27-23(5,7-2)22(25)24-20-14-17(3)21(18(4)15-20)26-16-19-11-9-8-10-12-19/h8-12,14-15H,6-7,13,16H2,1-5H3,(H,24,25)/t23-/m0/s1. The van der Waals surface area contributed by atoms with E-state index in [0.29, 0.717) is 19.6 Å². The molecule has 4 nitrogen and oxygen atoms in total. The molecule has 0 aliphatic heterocycles. The summed E-state index contributed by atoms with van der Waals surface area (Å²) in [5.41, 5.74) is 3.06. The Bertz CT molecular complexity index is 734. The van der Waals surface area contributed by atoms with Gasteiger partial charge >= 0.3 is 0 Å². The maximum atomic E-state index is 12.7. The van der Waals surface area contributed by atoms with Crippen LogP contribution in [0.2, 0.25) is 0 Å². The molecule has 0 heterocycles. The van der Waals surface area contributed by atoms with Crippen molar-refractivity contribution < 1.29 is 14.3 Å². The van der Waals surface area contributed by atoms with Crippen molar-refractivity contribution in [3.63, 3.8) is 0 Å². The van der Waals surface area contributed by atoms with Crippen LogP contribution in [0.15, 0.2) is 42.5 Å². The van der Waals surface area contributed by atoms with Crippen LogP contribution in [0.4, 0.5) is 5.69 Å². The van der Waals surface area contributed by atoms with Gasteiger partial charge in [0.25, 0.3) is 5.91 Å². The molecule has 0 spiro atoms. The van der Waals surface area contributed by atoms with Crippen LogP contribution in [0.3, 0.4) is 0 Å². The molecule has 1 amide bonds. The Morgan fingerprint density at radius 1 is 1.07 bits per heavy atom. The average molecular weight is 370 g/mol. The molecule has 0 aliphatic carbocycles. The highest BCUT2D eigenvalue weighted by Crippen LogP contribution is 2.29. The van der Waals surface area contributed by atoms with Crippen LogP contribution >= 0.6 is 0 Å². The van der Waals surface area contributed by atoms with Crippen LogP contribution in [0.25, 0.3) is 0 Å². The van der Waals surface area contributed by atoms with Crippen molar-refractivity contribution in [1.29, 1.82) is 0 Å². The molecule has 0 saturated carbocycles. The Kier molecular flexibility index (Phi) is 7.43. The van der Waals surface area contributed by atoms with Crippen molar-refractivity contribution in [1.82, 2.24) is 0 Å². The first-order valence-electron chi connectivity index (χ1n) is 9.63. The molecule has 0 radical (unpaired) electrons. The van der Waals surface area contributed by atoms with E-state index in [1.165, 1.54) is 0 Å². The monoisotopic (exact) mass is 369 g/mol. The molecule has 4 heteroatoms. The second-order valence-electron chi connectivity index (χ2n) is 7.10. The van der Waals surface area contributed by atoms with Crippen molar-refractivity contribution in [2.75, 3.05) is 11.9 Å². The second-order valence-corrected chi connectivity index (χ2v) is 7.10. The average Bonchev–Trinajstić information content (AvgIpc) is 2.66. The number of ether oxygens (including phenoxy) is 2. The van der Waals surface area contributed by atoms with E-state index in [0.717, 1.165) is 34.5 Å². The maximum absolute atomic E-state index is 12.7. The molecule has 146 valence electrons. The lowest BCUT2D eigenvalue weighted by atomic mass is 10.0. The van der Waals surface area contributed by atoms with E-state index >= 15 is 0 Å². The van der Waals surface area contributed by atoms with E-state index in [2.05, 4.69) is 5.32 Å². The zero-order valence-electron chi connectivity index (χ0n) is 17.1. The van der Waals surface area contributed by atoms with Gasteiger partial charge in [0.05, 0.1) is 0 Å². The number of aryl methyl sites for hydroxylation is 2. The normalized spacial score (nSPS) is 13.1. The van der Waals surface area contributed by atoms with E-state index in [4.69, 9.17) is 9.47 Å². The molecule has 2 aromatic carbocycles. The van der Waals surface area contributed by atoms with Crippen LogP contribution in [0, 0.1) is 13.8 Å². The van der Waals surface area contributed by atoms with Gasteiger partial charge in [-0.2, -0.15) is 0 Å². The van der Waals surface area contributed by atoms with Crippen LogP contribution in [-0.4, -0.2) is 18.1 Å². The van der Waals surface area contributed by atoms with Crippen molar-refractivity contribution in [3.05, 3.63) is 59.2 Å². The first kappa shape index (κ1) is 21.0. The Morgan fingerprint density at radius 3 is 2.26 bits per heavy atom. The predicted molar refractivity (Wildman–Crippen MR) is 110 cm³/mol. The zero-order chi connectivity index (χ0) is 19.9. The smallest absolute Gasteiger partial charge is 0.256 e. The highest BCUT2D eigenvalue weighted by molar-refractivity contribution is 5.97. The molecule has 1 N–H and O–H groups in total. The van der Waals surface area contributed by atoms with Crippen LogP contribution < -0.4 is 10.1 Å². The number of amides is 1. The fraction of sp³-hybridized carbons (Fsp3) is 0.435. The molecule has 0 aliphatic rings. The first-order valence-corrected chi connectivity index (χ1v) is 9.63. The number of nitrogens with one attached hydrogen (secondary N) is 1. The molecule has 0 fully saturated rings. The first-order chi connectivity index (χ1) is 12.9. The van der Waals surface area contributed by atoms with Gasteiger partial charge in [0, 0.05) is 12.3 Å². The third-order valence-electron chi connectivity index (χ3n) is 4.72. The van der Waals surface area contributed by atoms with Crippen molar-refractivity contribution in [2.45, 2.75) is 59.7 Å². The SMILES string of the molecule is CCCO[C@@](C)(CC)C(=O)Nc1cc(C)c(OCc2ccccc2)c(C)c1. The Hall–Kier alpha value is -2.33. The summed E-state index contributed by atoms with van der Waals surface area (Å²) in [6, 6.07) is 14.0. The second kappa shape index (κ2) is 9.56. The largest absolute Gasteiger partial charge is 0.488 e. The molecule has 1 atom stereocenters. The molecule has 27 heavy (non-hydrogen) atoms. The molecule has 0 unspecified atom stereocenters. The van der Waals surface area contributed by atoms with E-state index < -0.39 is 5.60 Å². The Labute approximate surface area is 162 Å². The minimum absolute atomic E-state index is 0.116. The minimum atomic E-state index is -0.819.